The summed E-state index contributed by atoms with van der Waals surface area (Å²) < 4.78 is 40.8. The number of piperidine rings is 1. The summed E-state index contributed by atoms with van der Waals surface area (Å²) in [6.45, 7) is 0.315. The molecule has 1 saturated heterocycles. The van der Waals surface area contributed by atoms with E-state index in [9.17, 15) is 22.4 Å². The molecular formula is C17H15ClFN3O4S2. The van der Waals surface area contributed by atoms with Crippen LogP contribution in [0.3, 0.4) is 0 Å². The summed E-state index contributed by atoms with van der Waals surface area (Å²) in [7, 11) is -3.67. The van der Waals surface area contributed by atoms with Crippen LogP contribution in [0.5, 0.6) is 0 Å². The number of aliphatic imine (C=N–C) groups is 1. The number of carbonyl (C=O) groups excluding carboxylic acids is 2. The Kier molecular flexibility index (Phi) is 4.98. The van der Waals surface area contributed by atoms with Crippen molar-refractivity contribution in [3.63, 3.8) is 0 Å². The van der Waals surface area contributed by atoms with Gasteiger partial charge in [0.1, 0.15) is 16.0 Å². The van der Waals surface area contributed by atoms with E-state index in [2.05, 4.69) is 4.99 Å². The Morgan fingerprint density at radius 1 is 1.18 bits per heavy atom. The van der Waals surface area contributed by atoms with Gasteiger partial charge in [-0.3, -0.25) is 9.69 Å². The normalized spacial score (nSPS) is 24.2. The quantitative estimate of drug-likeness (QED) is 0.718. The van der Waals surface area contributed by atoms with E-state index in [1.165, 1.54) is 22.5 Å². The van der Waals surface area contributed by atoms with E-state index < -0.39 is 39.7 Å². The lowest BCUT2D eigenvalue weighted by Crippen LogP contribution is -2.54. The number of rotatable bonds is 3. The van der Waals surface area contributed by atoms with Gasteiger partial charge in [-0.1, -0.05) is 11.6 Å². The van der Waals surface area contributed by atoms with Gasteiger partial charge in [0.05, 0.1) is 10.0 Å². The molecule has 4 rings (SSSR count). The van der Waals surface area contributed by atoms with Gasteiger partial charge in [0.2, 0.25) is 5.91 Å². The fourth-order valence-electron chi connectivity index (χ4n) is 3.52. The molecule has 0 N–H and O–H groups in total. The maximum Gasteiger partial charge on any atom is 0.350 e. The van der Waals surface area contributed by atoms with Gasteiger partial charge in [-0.15, -0.1) is 11.3 Å². The molecule has 1 atom stereocenters. The molecule has 7 nitrogen and oxygen atoms in total. The van der Waals surface area contributed by atoms with E-state index in [1.807, 2.05) is 0 Å². The van der Waals surface area contributed by atoms with Crippen molar-refractivity contribution in [1.29, 1.82) is 0 Å². The van der Waals surface area contributed by atoms with E-state index in [0.717, 1.165) is 28.4 Å². The summed E-state index contributed by atoms with van der Waals surface area (Å²) in [5, 5.41) is 0. The van der Waals surface area contributed by atoms with Crippen LogP contribution in [0.1, 0.15) is 12.8 Å². The number of hydrogen-bond acceptors (Lipinski definition) is 5. The first-order chi connectivity index (χ1) is 13.3. The van der Waals surface area contributed by atoms with E-state index in [0.29, 0.717) is 4.34 Å². The molecule has 11 heteroatoms. The van der Waals surface area contributed by atoms with Crippen molar-refractivity contribution in [1.82, 2.24) is 9.21 Å². The van der Waals surface area contributed by atoms with Gasteiger partial charge in [-0.05, 0) is 43.2 Å². The summed E-state index contributed by atoms with van der Waals surface area (Å²) in [4.78, 5) is 30.1. The van der Waals surface area contributed by atoms with Crippen LogP contribution in [0.25, 0.3) is 0 Å². The van der Waals surface area contributed by atoms with Crippen molar-refractivity contribution in [3.8, 4) is 0 Å². The summed E-state index contributed by atoms with van der Waals surface area (Å²) in [5.74, 6) is -2.00. The van der Waals surface area contributed by atoms with Crippen molar-refractivity contribution in [2.45, 2.75) is 23.1 Å². The number of sulfonamides is 1. The number of hydrogen-bond donors (Lipinski definition) is 0. The Hall–Kier alpha value is -1.88. The van der Waals surface area contributed by atoms with Crippen molar-refractivity contribution in [2.75, 3.05) is 13.1 Å². The third kappa shape index (κ3) is 3.34. The summed E-state index contributed by atoms with van der Waals surface area (Å²) in [6, 6.07) is 1.81. The molecule has 0 saturated carbocycles. The maximum atomic E-state index is 13.5. The average molecular weight is 444 g/mol. The van der Waals surface area contributed by atoms with Gasteiger partial charge in [-0.25, -0.2) is 17.6 Å². The molecule has 3 heterocycles. The van der Waals surface area contributed by atoms with E-state index in [-0.39, 0.29) is 35.9 Å². The van der Waals surface area contributed by atoms with Crippen LogP contribution in [0.2, 0.25) is 4.34 Å². The molecule has 0 bridgehead atoms. The van der Waals surface area contributed by atoms with E-state index in [1.54, 1.807) is 0 Å². The Bertz CT molecular complexity index is 1040. The lowest BCUT2D eigenvalue weighted by Gasteiger charge is -2.38. The van der Waals surface area contributed by atoms with Gasteiger partial charge >= 0.3 is 6.03 Å². The van der Waals surface area contributed by atoms with E-state index in [4.69, 9.17) is 11.6 Å². The second kappa shape index (κ2) is 7.18. The smallest absolute Gasteiger partial charge is 0.273 e. The third-order valence-electron chi connectivity index (χ3n) is 4.92. The molecule has 1 aromatic rings. The first-order valence-corrected chi connectivity index (χ1v) is 11.2. The predicted molar refractivity (Wildman–Crippen MR) is 103 cm³/mol. The number of carbonyl (C=O) groups is 2. The fourth-order valence-corrected chi connectivity index (χ4v) is 6.63. The molecule has 148 valence electrons. The second-order valence-corrected chi connectivity index (χ2v) is 10.5. The molecule has 1 unspecified atom stereocenters. The van der Waals surface area contributed by atoms with Crippen LogP contribution in [0, 0.1) is 5.92 Å². The SMILES string of the molecule is O=C1N=C2C=CC(F)=CC2C(=O)N1C1CCN(S(=O)(=O)c2ccc(Cl)s2)CC1. The Morgan fingerprint density at radius 2 is 1.89 bits per heavy atom. The number of urea groups is 1. The number of halogens is 2. The minimum absolute atomic E-state index is 0.157. The van der Waals surface area contributed by atoms with Gasteiger partial charge in [0, 0.05) is 19.1 Å². The molecule has 1 fully saturated rings. The highest BCUT2D eigenvalue weighted by atomic mass is 35.5. The predicted octanol–water partition coefficient (Wildman–Crippen LogP) is 3.00. The van der Waals surface area contributed by atoms with Crippen LogP contribution in [0.4, 0.5) is 9.18 Å². The third-order valence-corrected chi connectivity index (χ3v) is 8.52. The number of allylic oxidation sites excluding steroid dienone is 3. The number of thiophene rings is 1. The second-order valence-electron chi connectivity index (χ2n) is 6.58. The zero-order valence-corrected chi connectivity index (χ0v) is 16.8. The van der Waals surface area contributed by atoms with Gasteiger partial charge in [0.25, 0.3) is 10.0 Å². The molecule has 0 aromatic carbocycles. The number of imide groups is 1. The summed E-state index contributed by atoms with van der Waals surface area (Å²) in [5.41, 5.74) is 0.224. The minimum Gasteiger partial charge on any atom is -0.273 e. The summed E-state index contributed by atoms with van der Waals surface area (Å²) in [6.07, 6.45) is 4.20. The van der Waals surface area contributed by atoms with Gasteiger partial charge in [-0.2, -0.15) is 9.30 Å². The van der Waals surface area contributed by atoms with Gasteiger partial charge < -0.3 is 0 Å². The van der Waals surface area contributed by atoms with Crippen LogP contribution >= 0.6 is 22.9 Å². The van der Waals surface area contributed by atoms with Crippen molar-refractivity contribution in [3.05, 3.63) is 40.5 Å². The number of amides is 3. The Labute approximate surface area is 169 Å². The highest BCUT2D eigenvalue weighted by molar-refractivity contribution is 7.91. The highest BCUT2D eigenvalue weighted by Crippen LogP contribution is 2.32. The first-order valence-electron chi connectivity index (χ1n) is 8.54. The van der Waals surface area contributed by atoms with Crippen LogP contribution < -0.4 is 0 Å². The molecule has 2 aliphatic heterocycles. The molecule has 28 heavy (non-hydrogen) atoms. The van der Waals surface area contributed by atoms with Crippen LogP contribution in [-0.2, 0) is 14.8 Å². The molecule has 3 amide bonds. The molecule has 1 aromatic heterocycles. The van der Waals surface area contributed by atoms with Crippen LogP contribution in [-0.4, -0.2) is 54.4 Å². The largest absolute Gasteiger partial charge is 0.350 e. The number of fused-ring (bicyclic) bond motifs is 1. The lowest BCUT2D eigenvalue weighted by atomic mass is 9.93. The Balaban J connectivity index is 1.50. The first kappa shape index (κ1) is 19.4. The number of nitrogens with zero attached hydrogens (tertiary/aromatic N) is 3. The molecule has 3 aliphatic rings. The summed E-state index contributed by atoms with van der Waals surface area (Å²) >= 11 is 6.82. The fraction of sp³-hybridized carbons (Fsp3) is 0.353. The topological polar surface area (TPSA) is 87.1 Å². The monoisotopic (exact) mass is 443 g/mol. The molecule has 0 spiro atoms. The van der Waals surface area contributed by atoms with Gasteiger partial charge in [0.15, 0.2) is 0 Å². The Morgan fingerprint density at radius 3 is 2.54 bits per heavy atom. The average Bonchev–Trinajstić information content (AvgIpc) is 3.10. The lowest BCUT2D eigenvalue weighted by molar-refractivity contribution is -0.131. The van der Waals surface area contributed by atoms with E-state index >= 15 is 0 Å². The minimum atomic E-state index is -3.67. The molecule has 0 radical (unpaired) electrons. The zero-order valence-electron chi connectivity index (χ0n) is 14.4. The van der Waals surface area contributed by atoms with Crippen molar-refractivity contribution >= 4 is 50.6 Å². The van der Waals surface area contributed by atoms with Crippen LogP contribution in [0.15, 0.2) is 45.4 Å². The highest BCUT2D eigenvalue weighted by Gasteiger charge is 2.42. The molecular weight excluding hydrogens is 429 g/mol. The maximum absolute atomic E-state index is 13.5. The van der Waals surface area contributed by atoms with Crippen molar-refractivity contribution < 1.29 is 22.4 Å². The van der Waals surface area contributed by atoms with Crippen molar-refractivity contribution in [2.24, 2.45) is 10.9 Å². The zero-order chi connectivity index (χ0) is 20.1. The standard InChI is InChI=1S/C17H15ClFN3O4S2/c18-14-3-4-15(27-14)28(25,26)21-7-5-11(6-8-21)22-16(23)12-9-10(19)1-2-13(12)20-17(22)24/h1-4,9,11-12H,5-8H2. The molecule has 1 aliphatic carbocycles.